The highest BCUT2D eigenvalue weighted by Crippen LogP contribution is 2.31. The van der Waals surface area contributed by atoms with Crippen LogP contribution in [0.15, 0.2) is 42.5 Å². The Morgan fingerprint density at radius 1 is 1.00 bits per heavy atom. The first-order valence-electron chi connectivity index (χ1n) is 4.92. The molecule has 0 amide bonds. The first-order valence-corrected chi connectivity index (χ1v) is 6.44. The SMILES string of the molecule is Fc1ccc(F)c(C(Cl)c2ccc(I)cc2)c1. The molecule has 0 spiro atoms. The number of alkyl halides is 1. The fraction of sp³-hybridized carbons (Fsp3) is 0.0769. The van der Waals surface area contributed by atoms with E-state index >= 15 is 0 Å². The second-order valence-electron chi connectivity index (χ2n) is 3.58. The maximum Gasteiger partial charge on any atom is 0.128 e. The summed E-state index contributed by atoms with van der Waals surface area (Å²) in [6.45, 7) is 0. The van der Waals surface area contributed by atoms with Gasteiger partial charge in [0.25, 0.3) is 0 Å². The summed E-state index contributed by atoms with van der Waals surface area (Å²) in [7, 11) is 0. The van der Waals surface area contributed by atoms with Gasteiger partial charge in [-0.2, -0.15) is 0 Å². The van der Waals surface area contributed by atoms with E-state index in [1.54, 1.807) is 0 Å². The average molecular weight is 365 g/mol. The summed E-state index contributed by atoms with van der Waals surface area (Å²) in [4.78, 5) is 0. The lowest BCUT2D eigenvalue weighted by Gasteiger charge is -2.11. The van der Waals surface area contributed by atoms with E-state index in [-0.39, 0.29) is 5.56 Å². The number of hydrogen-bond donors (Lipinski definition) is 0. The highest BCUT2D eigenvalue weighted by atomic mass is 127. The summed E-state index contributed by atoms with van der Waals surface area (Å²) >= 11 is 8.32. The molecule has 0 saturated carbocycles. The molecular formula is C13H8ClF2I. The molecule has 0 aliphatic rings. The second kappa shape index (κ2) is 5.31. The third-order valence-electron chi connectivity index (χ3n) is 2.39. The van der Waals surface area contributed by atoms with Crippen LogP contribution in [0.1, 0.15) is 16.5 Å². The molecule has 0 N–H and O–H groups in total. The smallest absolute Gasteiger partial charge is 0.128 e. The molecular weight excluding hydrogens is 356 g/mol. The quantitative estimate of drug-likeness (QED) is 0.525. The molecule has 2 aromatic rings. The fourth-order valence-corrected chi connectivity index (χ4v) is 2.19. The van der Waals surface area contributed by atoms with E-state index in [0.29, 0.717) is 0 Å². The van der Waals surface area contributed by atoms with E-state index in [1.807, 2.05) is 24.3 Å². The van der Waals surface area contributed by atoms with Gasteiger partial charge in [0.1, 0.15) is 11.6 Å². The average Bonchev–Trinajstić information content (AvgIpc) is 2.32. The molecule has 1 unspecified atom stereocenters. The van der Waals surface area contributed by atoms with Crippen molar-refractivity contribution in [1.82, 2.24) is 0 Å². The molecule has 2 aromatic carbocycles. The predicted octanol–water partition coefficient (Wildman–Crippen LogP) is 4.90. The molecule has 0 aliphatic carbocycles. The largest absolute Gasteiger partial charge is 0.207 e. The topological polar surface area (TPSA) is 0 Å². The Bertz CT molecular complexity index is 525. The zero-order valence-electron chi connectivity index (χ0n) is 8.63. The number of benzene rings is 2. The molecule has 2 rings (SSSR count). The zero-order chi connectivity index (χ0) is 12.4. The monoisotopic (exact) mass is 364 g/mol. The van der Waals surface area contributed by atoms with E-state index < -0.39 is 17.0 Å². The van der Waals surface area contributed by atoms with E-state index in [2.05, 4.69) is 22.6 Å². The molecule has 0 fully saturated rings. The molecule has 17 heavy (non-hydrogen) atoms. The van der Waals surface area contributed by atoms with Crippen LogP contribution in [0.5, 0.6) is 0 Å². The minimum Gasteiger partial charge on any atom is -0.207 e. The summed E-state index contributed by atoms with van der Waals surface area (Å²) in [6.07, 6.45) is 0. The van der Waals surface area contributed by atoms with Gasteiger partial charge in [-0.3, -0.25) is 0 Å². The van der Waals surface area contributed by atoms with Crippen molar-refractivity contribution in [2.24, 2.45) is 0 Å². The number of rotatable bonds is 2. The van der Waals surface area contributed by atoms with Crippen molar-refractivity contribution in [1.29, 1.82) is 0 Å². The molecule has 1 atom stereocenters. The Kier molecular flexibility index (Phi) is 3.99. The highest BCUT2D eigenvalue weighted by Gasteiger charge is 2.15. The lowest BCUT2D eigenvalue weighted by molar-refractivity contribution is 0.587. The minimum atomic E-state index is -0.678. The molecule has 0 saturated heterocycles. The third-order valence-corrected chi connectivity index (χ3v) is 3.60. The van der Waals surface area contributed by atoms with Gasteiger partial charge in [-0.05, 0) is 58.5 Å². The Balaban J connectivity index is 2.39. The molecule has 0 radical (unpaired) electrons. The maximum atomic E-state index is 13.5. The molecule has 0 heterocycles. The Hall–Kier alpha value is -0.680. The lowest BCUT2D eigenvalue weighted by Crippen LogP contribution is -1.98. The predicted molar refractivity (Wildman–Crippen MR) is 73.2 cm³/mol. The van der Waals surface area contributed by atoms with Crippen molar-refractivity contribution in [2.75, 3.05) is 0 Å². The molecule has 88 valence electrons. The van der Waals surface area contributed by atoms with E-state index in [1.165, 1.54) is 0 Å². The van der Waals surface area contributed by atoms with Crippen molar-refractivity contribution < 1.29 is 8.78 Å². The number of halogens is 4. The molecule has 0 aromatic heterocycles. The summed E-state index contributed by atoms with van der Waals surface area (Å²) in [6, 6.07) is 10.7. The van der Waals surface area contributed by atoms with Crippen LogP contribution in [0.2, 0.25) is 0 Å². The normalized spacial score (nSPS) is 12.5. The summed E-state index contributed by atoms with van der Waals surface area (Å²) < 4.78 is 27.7. The van der Waals surface area contributed by atoms with Gasteiger partial charge in [0.05, 0.1) is 5.38 Å². The maximum absolute atomic E-state index is 13.5. The van der Waals surface area contributed by atoms with Crippen molar-refractivity contribution >= 4 is 34.2 Å². The first kappa shape index (κ1) is 12.8. The van der Waals surface area contributed by atoms with Gasteiger partial charge in [-0.25, -0.2) is 8.78 Å². The van der Waals surface area contributed by atoms with Crippen LogP contribution >= 0.6 is 34.2 Å². The van der Waals surface area contributed by atoms with Crippen LogP contribution in [0, 0.1) is 15.2 Å². The number of hydrogen-bond acceptors (Lipinski definition) is 0. The summed E-state index contributed by atoms with van der Waals surface area (Å²) in [5, 5.41) is -0.678. The summed E-state index contributed by atoms with van der Waals surface area (Å²) in [5.41, 5.74) is 0.907. The van der Waals surface area contributed by atoms with Crippen LogP contribution in [0.25, 0.3) is 0 Å². The van der Waals surface area contributed by atoms with Crippen molar-refractivity contribution in [2.45, 2.75) is 5.38 Å². The molecule has 4 heteroatoms. The van der Waals surface area contributed by atoms with Gasteiger partial charge in [0.15, 0.2) is 0 Å². The van der Waals surface area contributed by atoms with Crippen LogP contribution in [-0.2, 0) is 0 Å². The van der Waals surface area contributed by atoms with Gasteiger partial charge in [0, 0.05) is 9.13 Å². The van der Waals surface area contributed by atoms with Gasteiger partial charge in [0.2, 0.25) is 0 Å². The van der Waals surface area contributed by atoms with Crippen LogP contribution < -0.4 is 0 Å². The standard InChI is InChI=1S/C13H8ClF2I/c14-13(8-1-4-10(17)5-2-8)11-7-9(15)3-6-12(11)16/h1-7,13H. The summed E-state index contributed by atoms with van der Waals surface area (Å²) in [5.74, 6) is -0.984. The van der Waals surface area contributed by atoms with Crippen LogP contribution in [0.3, 0.4) is 0 Å². The van der Waals surface area contributed by atoms with Crippen LogP contribution in [0.4, 0.5) is 8.78 Å². The Morgan fingerprint density at radius 3 is 2.29 bits per heavy atom. The molecule has 0 bridgehead atoms. The van der Waals surface area contributed by atoms with Gasteiger partial charge >= 0.3 is 0 Å². The van der Waals surface area contributed by atoms with Gasteiger partial charge in [-0.1, -0.05) is 12.1 Å². The van der Waals surface area contributed by atoms with Crippen molar-refractivity contribution in [3.05, 3.63) is 68.8 Å². The first-order chi connectivity index (χ1) is 8.08. The van der Waals surface area contributed by atoms with Crippen LogP contribution in [-0.4, -0.2) is 0 Å². The Morgan fingerprint density at radius 2 is 1.65 bits per heavy atom. The van der Waals surface area contributed by atoms with Gasteiger partial charge in [-0.15, -0.1) is 11.6 Å². The van der Waals surface area contributed by atoms with Gasteiger partial charge < -0.3 is 0 Å². The second-order valence-corrected chi connectivity index (χ2v) is 5.26. The molecule has 0 nitrogen and oxygen atoms in total. The minimum absolute atomic E-state index is 0.160. The van der Waals surface area contributed by atoms with Crippen molar-refractivity contribution in [3.63, 3.8) is 0 Å². The zero-order valence-corrected chi connectivity index (χ0v) is 11.5. The molecule has 0 aliphatic heterocycles. The van der Waals surface area contributed by atoms with Crippen molar-refractivity contribution in [3.8, 4) is 0 Å². The van der Waals surface area contributed by atoms with E-state index in [9.17, 15) is 8.78 Å². The van der Waals surface area contributed by atoms with E-state index in [0.717, 1.165) is 27.3 Å². The Labute approximate surface area is 117 Å². The highest BCUT2D eigenvalue weighted by molar-refractivity contribution is 14.1. The lowest BCUT2D eigenvalue weighted by atomic mass is 10.0. The van der Waals surface area contributed by atoms with E-state index in [4.69, 9.17) is 11.6 Å². The fourth-order valence-electron chi connectivity index (χ4n) is 1.52. The third kappa shape index (κ3) is 2.96.